The zero-order chi connectivity index (χ0) is 19.6. The van der Waals surface area contributed by atoms with Crippen molar-refractivity contribution in [3.05, 3.63) is 56.4 Å². The summed E-state index contributed by atoms with van der Waals surface area (Å²) in [6.45, 7) is 6.61. The third-order valence-electron chi connectivity index (χ3n) is 4.37. The summed E-state index contributed by atoms with van der Waals surface area (Å²) >= 11 is 1.41. The summed E-state index contributed by atoms with van der Waals surface area (Å²) in [5.41, 5.74) is 3.45. The van der Waals surface area contributed by atoms with Crippen molar-refractivity contribution in [3.63, 3.8) is 0 Å². The highest BCUT2D eigenvalue weighted by Gasteiger charge is 2.13. The predicted molar refractivity (Wildman–Crippen MR) is 107 cm³/mol. The first-order valence-corrected chi connectivity index (χ1v) is 9.62. The number of aryl methyl sites for hydroxylation is 2. The molecule has 0 bridgehead atoms. The van der Waals surface area contributed by atoms with Crippen LogP contribution in [0.3, 0.4) is 0 Å². The quantitative estimate of drug-likeness (QED) is 0.705. The first-order valence-electron chi connectivity index (χ1n) is 8.80. The predicted octanol–water partition coefficient (Wildman–Crippen LogP) is 2.40. The summed E-state index contributed by atoms with van der Waals surface area (Å²) in [6.07, 6.45) is 0.765. The molecule has 3 aromatic rings. The van der Waals surface area contributed by atoms with Gasteiger partial charge in [-0.15, -0.1) is 0 Å². The van der Waals surface area contributed by atoms with Crippen molar-refractivity contribution in [2.75, 3.05) is 18.9 Å². The van der Waals surface area contributed by atoms with Crippen molar-refractivity contribution in [2.45, 2.75) is 33.7 Å². The number of likely N-dealkylation sites (N-methyl/N-ethyl adjacent to an activating group) is 1. The average molecular weight is 385 g/mol. The Kier molecular flexibility index (Phi) is 5.67. The number of hydrogen-bond acceptors (Lipinski definition) is 6. The van der Waals surface area contributed by atoms with Gasteiger partial charge in [-0.2, -0.15) is 9.61 Å². The van der Waals surface area contributed by atoms with Gasteiger partial charge in [0.05, 0.1) is 12.2 Å². The van der Waals surface area contributed by atoms with Gasteiger partial charge in [-0.05, 0) is 44.5 Å². The first kappa shape index (κ1) is 19.2. The van der Waals surface area contributed by atoms with E-state index in [0.29, 0.717) is 17.2 Å². The highest BCUT2D eigenvalue weighted by atomic mass is 32.1. The molecule has 2 aromatic heterocycles. The molecular weight excluding hydrogens is 362 g/mol. The minimum atomic E-state index is -0.195. The summed E-state index contributed by atoms with van der Waals surface area (Å²) in [6, 6.07) is 7.31. The van der Waals surface area contributed by atoms with E-state index in [1.54, 1.807) is 0 Å². The molecule has 0 atom stereocenters. The zero-order valence-electron chi connectivity index (χ0n) is 15.9. The van der Waals surface area contributed by atoms with Crippen molar-refractivity contribution in [1.29, 1.82) is 0 Å². The number of carbonyl (C=O) groups is 1. The van der Waals surface area contributed by atoms with E-state index in [-0.39, 0.29) is 18.0 Å². The fourth-order valence-electron chi connectivity index (χ4n) is 2.77. The Morgan fingerprint density at radius 3 is 2.85 bits per heavy atom. The van der Waals surface area contributed by atoms with Gasteiger partial charge in [0.25, 0.3) is 5.56 Å². The smallest absolute Gasteiger partial charge is 0.275 e. The minimum Gasteiger partial charge on any atom is -0.325 e. The highest BCUT2D eigenvalue weighted by Crippen LogP contribution is 2.18. The Morgan fingerprint density at radius 2 is 2.11 bits per heavy atom. The van der Waals surface area contributed by atoms with E-state index in [1.165, 1.54) is 21.9 Å². The van der Waals surface area contributed by atoms with Crippen LogP contribution in [-0.2, 0) is 17.8 Å². The van der Waals surface area contributed by atoms with E-state index < -0.39 is 0 Å². The fraction of sp³-hybridized carbons (Fsp3) is 0.368. The first-order chi connectivity index (χ1) is 12.9. The lowest BCUT2D eigenvalue weighted by Gasteiger charge is -2.16. The molecular formula is C19H23N5O2S. The zero-order valence-corrected chi connectivity index (χ0v) is 16.8. The molecule has 0 aliphatic rings. The molecule has 1 aromatic carbocycles. The lowest BCUT2D eigenvalue weighted by Crippen LogP contribution is -2.31. The fourth-order valence-corrected chi connectivity index (χ4v) is 3.63. The Bertz CT molecular complexity index is 1040. The second kappa shape index (κ2) is 7.98. The lowest BCUT2D eigenvalue weighted by molar-refractivity contribution is -0.117. The summed E-state index contributed by atoms with van der Waals surface area (Å²) in [5.74, 6) is -0.102. The largest absolute Gasteiger partial charge is 0.325 e. The average Bonchev–Trinajstić information content (AvgIpc) is 3.02. The maximum Gasteiger partial charge on any atom is 0.275 e. The van der Waals surface area contributed by atoms with Crippen molar-refractivity contribution in [1.82, 2.24) is 19.5 Å². The topological polar surface area (TPSA) is 79.6 Å². The summed E-state index contributed by atoms with van der Waals surface area (Å²) < 4.78 is 1.33. The maximum atomic E-state index is 12.4. The second-order valence-electron chi connectivity index (χ2n) is 6.60. The van der Waals surface area contributed by atoms with E-state index in [0.717, 1.165) is 28.2 Å². The van der Waals surface area contributed by atoms with Crippen LogP contribution in [0.5, 0.6) is 0 Å². The van der Waals surface area contributed by atoms with Crippen LogP contribution in [0.4, 0.5) is 5.69 Å². The molecule has 1 amide bonds. The number of nitrogens with zero attached hydrogens (tertiary/aromatic N) is 4. The number of aromatic nitrogens is 3. The van der Waals surface area contributed by atoms with Crippen molar-refractivity contribution in [2.24, 2.45) is 0 Å². The summed E-state index contributed by atoms with van der Waals surface area (Å²) in [7, 11) is 1.83. The van der Waals surface area contributed by atoms with Crippen LogP contribution in [0, 0.1) is 13.8 Å². The Hall–Kier alpha value is -2.58. The van der Waals surface area contributed by atoms with Gasteiger partial charge < -0.3 is 5.32 Å². The standard InChI is InChI=1S/C19H23N5O2S/c1-5-17-22-24-18(26)9-14(20-19(24)27-17)10-23(4)11-16(25)21-15-8-6-7-12(2)13(15)3/h6-9H,5,10-11H2,1-4H3,(H,21,25). The third kappa shape index (κ3) is 4.40. The second-order valence-corrected chi connectivity index (χ2v) is 7.64. The number of amides is 1. The van der Waals surface area contributed by atoms with Crippen molar-refractivity contribution in [3.8, 4) is 0 Å². The molecule has 3 rings (SSSR count). The molecule has 1 N–H and O–H groups in total. The van der Waals surface area contributed by atoms with Crippen LogP contribution in [0.15, 0.2) is 29.1 Å². The number of anilines is 1. The van der Waals surface area contributed by atoms with Gasteiger partial charge >= 0.3 is 0 Å². The van der Waals surface area contributed by atoms with Gasteiger partial charge in [0.15, 0.2) is 0 Å². The number of hydrogen-bond donors (Lipinski definition) is 1. The van der Waals surface area contributed by atoms with E-state index in [9.17, 15) is 9.59 Å². The molecule has 7 nitrogen and oxygen atoms in total. The molecule has 0 radical (unpaired) electrons. The third-order valence-corrected chi connectivity index (χ3v) is 5.42. The minimum absolute atomic E-state index is 0.102. The van der Waals surface area contributed by atoms with E-state index in [4.69, 9.17) is 0 Å². The monoisotopic (exact) mass is 385 g/mol. The summed E-state index contributed by atoms with van der Waals surface area (Å²) in [4.78, 5) is 31.5. The van der Waals surface area contributed by atoms with Gasteiger partial charge in [-0.1, -0.05) is 30.4 Å². The van der Waals surface area contributed by atoms with Crippen LogP contribution < -0.4 is 10.9 Å². The van der Waals surface area contributed by atoms with Gasteiger partial charge in [-0.3, -0.25) is 14.5 Å². The number of carbonyl (C=O) groups excluding carboxylic acids is 1. The van der Waals surface area contributed by atoms with E-state index in [2.05, 4.69) is 15.4 Å². The highest BCUT2D eigenvalue weighted by molar-refractivity contribution is 7.16. The van der Waals surface area contributed by atoms with Crippen LogP contribution >= 0.6 is 11.3 Å². The van der Waals surface area contributed by atoms with Crippen molar-refractivity contribution < 1.29 is 4.79 Å². The number of benzene rings is 1. The molecule has 0 aliphatic heterocycles. The number of fused-ring (bicyclic) bond motifs is 1. The molecule has 0 saturated carbocycles. The molecule has 0 unspecified atom stereocenters. The van der Waals surface area contributed by atoms with Crippen LogP contribution in [-0.4, -0.2) is 39.0 Å². The molecule has 142 valence electrons. The lowest BCUT2D eigenvalue weighted by atomic mass is 10.1. The Balaban J connectivity index is 1.67. The van der Waals surface area contributed by atoms with Gasteiger partial charge in [0, 0.05) is 18.3 Å². The Labute approximate surface area is 161 Å². The molecule has 0 saturated heterocycles. The molecule has 0 aliphatic carbocycles. The van der Waals surface area contributed by atoms with E-state index >= 15 is 0 Å². The summed E-state index contributed by atoms with van der Waals surface area (Å²) in [5, 5.41) is 8.06. The molecule has 0 spiro atoms. The van der Waals surface area contributed by atoms with Gasteiger partial charge in [0.2, 0.25) is 10.9 Å². The normalized spacial score (nSPS) is 11.3. The van der Waals surface area contributed by atoms with Crippen LogP contribution in [0.2, 0.25) is 0 Å². The number of nitrogens with one attached hydrogen (secondary N) is 1. The SMILES string of the molecule is CCc1nn2c(=O)cc(CN(C)CC(=O)Nc3cccc(C)c3C)nc2s1. The van der Waals surface area contributed by atoms with Gasteiger partial charge in [0.1, 0.15) is 5.01 Å². The molecule has 2 heterocycles. The van der Waals surface area contributed by atoms with Gasteiger partial charge in [-0.25, -0.2) is 4.98 Å². The number of rotatable bonds is 6. The maximum absolute atomic E-state index is 12.4. The van der Waals surface area contributed by atoms with Crippen molar-refractivity contribution >= 4 is 27.9 Å². The van der Waals surface area contributed by atoms with Crippen LogP contribution in [0.1, 0.15) is 28.8 Å². The molecule has 0 fully saturated rings. The molecule has 27 heavy (non-hydrogen) atoms. The Morgan fingerprint density at radius 1 is 1.33 bits per heavy atom. The van der Waals surface area contributed by atoms with Crippen LogP contribution in [0.25, 0.3) is 4.96 Å². The van der Waals surface area contributed by atoms with E-state index in [1.807, 2.05) is 50.9 Å². The molecule has 8 heteroatoms.